The van der Waals surface area contributed by atoms with Crippen molar-refractivity contribution in [3.63, 3.8) is 0 Å². The zero-order valence-corrected chi connectivity index (χ0v) is 17.6. The summed E-state index contributed by atoms with van der Waals surface area (Å²) >= 11 is 1.84. The fourth-order valence-corrected chi connectivity index (χ4v) is 4.76. The number of aliphatic imine (C=N–C) groups is 1. The second kappa shape index (κ2) is 9.00. The van der Waals surface area contributed by atoms with Crippen molar-refractivity contribution in [3.05, 3.63) is 21.9 Å². The van der Waals surface area contributed by atoms with Crippen LogP contribution in [0.3, 0.4) is 0 Å². The van der Waals surface area contributed by atoms with Gasteiger partial charge < -0.3 is 10.2 Å². The molecule has 0 aliphatic carbocycles. The monoisotopic (exact) mass is 417 g/mol. The second-order valence-electron chi connectivity index (χ2n) is 7.61. The first kappa shape index (κ1) is 21.4. The number of piperazine rings is 1. The quantitative estimate of drug-likeness (QED) is 0.603. The highest BCUT2D eigenvalue weighted by Crippen LogP contribution is 2.26. The number of rotatable bonds is 4. The Hall–Kier alpha value is -1.32. The summed E-state index contributed by atoms with van der Waals surface area (Å²) in [4.78, 5) is 11.9. The average Bonchev–Trinajstić information content (AvgIpc) is 3.15. The van der Waals surface area contributed by atoms with Crippen molar-refractivity contribution in [1.29, 1.82) is 0 Å². The molecule has 2 aliphatic rings. The molecule has 158 valence electrons. The van der Waals surface area contributed by atoms with Crippen molar-refractivity contribution in [2.24, 2.45) is 4.99 Å². The molecule has 0 saturated carbocycles. The lowest BCUT2D eigenvalue weighted by molar-refractivity contribution is -0.181. The third-order valence-electron chi connectivity index (χ3n) is 5.86. The molecule has 1 aromatic heterocycles. The molecule has 1 fully saturated rings. The summed E-state index contributed by atoms with van der Waals surface area (Å²) in [6.45, 7) is 8.14. The molecule has 2 unspecified atom stereocenters. The van der Waals surface area contributed by atoms with E-state index >= 15 is 0 Å². The molecule has 0 amide bonds. The first-order chi connectivity index (χ1) is 13.3. The van der Waals surface area contributed by atoms with E-state index in [2.05, 4.69) is 38.5 Å². The topological polar surface area (TPSA) is 34.1 Å². The molecular weight excluding hydrogens is 387 g/mol. The molecule has 0 radical (unpaired) electrons. The number of fused-ring (bicyclic) bond motifs is 1. The predicted octanol–water partition coefficient (Wildman–Crippen LogP) is 2.64. The van der Waals surface area contributed by atoms with Crippen molar-refractivity contribution in [2.75, 3.05) is 46.3 Å². The smallest absolute Gasteiger partial charge is 0.355 e. The van der Waals surface area contributed by atoms with Crippen LogP contribution in [0.5, 0.6) is 0 Å². The summed E-state index contributed by atoms with van der Waals surface area (Å²) in [6, 6.07) is 1.18. The van der Waals surface area contributed by atoms with Gasteiger partial charge in [0, 0.05) is 63.8 Å². The SMILES string of the molecule is CN=C(NCC(C)N1CCc2sccc2C1)N1CCN(C(C)C(F)(F)F)CC1. The van der Waals surface area contributed by atoms with Gasteiger partial charge in [-0.15, -0.1) is 11.3 Å². The van der Waals surface area contributed by atoms with Gasteiger partial charge in [0.25, 0.3) is 0 Å². The maximum Gasteiger partial charge on any atom is 0.403 e. The van der Waals surface area contributed by atoms with Crippen LogP contribution in [-0.4, -0.2) is 85.2 Å². The van der Waals surface area contributed by atoms with E-state index in [1.54, 1.807) is 7.05 Å². The van der Waals surface area contributed by atoms with Crippen molar-refractivity contribution >= 4 is 17.3 Å². The third-order valence-corrected chi connectivity index (χ3v) is 6.89. The van der Waals surface area contributed by atoms with Crippen molar-refractivity contribution in [1.82, 2.24) is 20.0 Å². The Labute approximate surface area is 169 Å². The largest absolute Gasteiger partial charge is 0.403 e. The Bertz CT molecular complexity index is 667. The molecule has 3 heterocycles. The highest BCUT2D eigenvalue weighted by atomic mass is 32.1. The summed E-state index contributed by atoms with van der Waals surface area (Å²) in [5.41, 5.74) is 1.43. The van der Waals surface area contributed by atoms with Crippen LogP contribution in [0, 0.1) is 0 Å². The van der Waals surface area contributed by atoms with Gasteiger partial charge in [0.2, 0.25) is 0 Å². The maximum absolute atomic E-state index is 12.9. The van der Waals surface area contributed by atoms with E-state index in [0.29, 0.717) is 32.2 Å². The third kappa shape index (κ3) is 4.99. The van der Waals surface area contributed by atoms with E-state index in [-0.39, 0.29) is 0 Å². The Morgan fingerprint density at radius 2 is 1.89 bits per heavy atom. The van der Waals surface area contributed by atoms with E-state index in [9.17, 15) is 13.2 Å². The lowest BCUT2D eigenvalue weighted by Crippen LogP contribution is -2.57. The fourth-order valence-electron chi connectivity index (χ4n) is 3.87. The summed E-state index contributed by atoms with van der Waals surface area (Å²) < 4.78 is 38.8. The standard InChI is InChI=1S/C19H30F3N5S/c1-14(27-6-4-17-16(13-27)5-11-28-17)12-24-18(23-3)26-9-7-25(8-10-26)15(2)19(20,21)22/h5,11,14-15H,4,6-10,12-13H2,1-3H3,(H,23,24). The molecule has 1 saturated heterocycles. The van der Waals surface area contributed by atoms with Crippen LogP contribution in [0.1, 0.15) is 24.3 Å². The maximum atomic E-state index is 12.9. The molecule has 1 N–H and O–H groups in total. The first-order valence-electron chi connectivity index (χ1n) is 9.85. The van der Waals surface area contributed by atoms with Gasteiger partial charge in [0.1, 0.15) is 6.04 Å². The lowest BCUT2D eigenvalue weighted by atomic mass is 10.1. The van der Waals surface area contributed by atoms with Crippen LogP contribution < -0.4 is 5.32 Å². The van der Waals surface area contributed by atoms with Gasteiger partial charge in [-0.25, -0.2) is 0 Å². The van der Waals surface area contributed by atoms with Crippen LogP contribution in [0.2, 0.25) is 0 Å². The molecule has 2 atom stereocenters. The van der Waals surface area contributed by atoms with Gasteiger partial charge in [-0.05, 0) is 37.3 Å². The van der Waals surface area contributed by atoms with Crippen molar-refractivity contribution < 1.29 is 13.2 Å². The first-order valence-corrected chi connectivity index (χ1v) is 10.7. The van der Waals surface area contributed by atoms with E-state index in [1.165, 1.54) is 22.3 Å². The molecule has 3 rings (SSSR count). The molecule has 1 aromatic rings. The fraction of sp³-hybridized carbons (Fsp3) is 0.737. The van der Waals surface area contributed by atoms with Crippen LogP contribution in [0.15, 0.2) is 16.4 Å². The summed E-state index contributed by atoms with van der Waals surface area (Å²) in [7, 11) is 1.73. The van der Waals surface area contributed by atoms with Crippen LogP contribution >= 0.6 is 11.3 Å². The highest BCUT2D eigenvalue weighted by Gasteiger charge is 2.41. The minimum atomic E-state index is -4.17. The van der Waals surface area contributed by atoms with E-state index in [0.717, 1.165) is 32.0 Å². The van der Waals surface area contributed by atoms with Crippen LogP contribution in [-0.2, 0) is 13.0 Å². The zero-order chi connectivity index (χ0) is 20.3. The summed E-state index contributed by atoms with van der Waals surface area (Å²) in [6.07, 6.45) is -3.07. The van der Waals surface area contributed by atoms with Crippen molar-refractivity contribution in [3.8, 4) is 0 Å². The molecule has 5 nitrogen and oxygen atoms in total. The predicted molar refractivity (Wildman–Crippen MR) is 108 cm³/mol. The van der Waals surface area contributed by atoms with Gasteiger partial charge in [0.05, 0.1) is 0 Å². The van der Waals surface area contributed by atoms with Crippen LogP contribution in [0.4, 0.5) is 13.2 Å². The number of hydrogen-bond donors (Lipinski definition) is 1. The molecular formula is C19H30F3N5S. The number of halogens is 3. The number of guanidine groups is 1. The number of alkyl halides is 3. The van der Waals surface area contributed by atoms with Gasteiger partial charge in [-0.1, -0.05) is 0 Å². The highest BCUT2D eigenvalue weighted by molar-refractivity contribution is 7.10. The van der Waals surface area contributed by atoms with E-state index < -0.39 is 12.2 Å². The normalized spacial score (nSPS) is 22.1. The van der Waals surface area contributed by atoms with E-state index in [4.69, 9.17) is 0 Å². The number of thiophene rings is 1. The van der Waals surface area contributed by atoms with Crippen molar-refractivity contribution in [2.45, 2.75) is 45.1 Å². The molecule has 2 aliphatic heterocycles. The molecule has 28 heavy (non-hydrogen) atoms. The number of nitrogens with zero attached hydrogens (tertiary/aromatic N) is 4. The lowest BCUT2D eigenvalue weighted by Gasteiger charge is -2.40. The Morgan fingerprint density at radius 1 is 1.18 bits per heavy atom. The van der Waals surface area contributed by atoms with Gasteiger partial charge in [0.15, 0.2) is 5.96 Å². The Morgan fingerprint density at radius 3 is 2.54 bits per heavy atom. The van der Waals surface area contributed by atoms with Gasteiger partial charge >= 0.3 is 6.18 Å². The Kier molecular flexibility index (Phi) is 6.88. The summed E-state index contributed by atoms with van der Waals surface area (Å²) in [5.74, 6) is 0.777. The van der Waals surface area contributed by atoms with Crippen LogP contribution in [0.25, 0.3) is 0 Å². The average molecular weight is 418 g/mol. The van der Waals surface area contributed by atoms with E-state index in [1.807, 2.05) is 11.3 Å². The molecule has 9 heteroatoms. The number of nitrogens with one attached hydrogen (secondary N) is 1. The van der Waals surface area contributed by atoms with Gasteiger partial charge in [-0.2, -0.15) is 13.2 Å². The Balaban J connectivity index is 1.46. The minimum absolute atomic E-state index is 0.358. The molecule has 0 aromatic carbocycles. The summed E-state index contributed by atoms with van der Waals surface area (Å²) in [5, 5.41) is 5.59. The molecule has 0 bridgehead atoms. The minimum Gasteiger partial charge on any atom is -0.355 e. The van der Waals surface area contributed by atoms with Gasteiger partial charge in [-0.3, -0.25) is 14.8 Å². The molecule has 0 spiro atoms. The number of hydrogen-bond acceptors (Lipinski definition) is 4. The second-order valence-corrected chi connectivity index (χ2v) is 8.61. The zero-order valence-electron chi connectivity index (χ0n) is 16.8.